The Kier molecular flexibility index (Phi) is 5.78. The number of hydrogen-bond acceptors (Lipinski definition) is 2. The number of benzene rings is 1. The largest absolute Gasteiger partial charge is 0.313 e. The Morgan fingerprint density at radius 2 is 2.38 bits per heavy atom. The van der Waals surface area contributed by atoms with Crippen LogP contribution in [0.25, 0.3) is 16.5 Å². The van der Waals surface area contributed by atoms with E-state index in [0.29, 0.717) is 6.54 Å². The fourth-order valence-corrected chi connectivity index (χ4v) is 1.35. The van der Waals surface area contributed by atoms with Gasteiger partial charge in [0.15, 0.2) is 0 Å². The van der Waals surface area contributed by atoms with Crippen molar-refractivity contribution < 1.29 is 0 Å². The van der Waals surface area contributed by atoms with E-state index in [0.717, 1.165) is 18.7 Å². The summed E-state index contributed by atoms with van der Waals surface area (Å²) in [4.78, 5) is 2.69. The van der Waals surface area contributed by atoms with Crippen LogP contribution in [0.3, 0.4) is 0 Å². The van der Waals surface area contributed by atoms with Crippen molar-refractivity contribution in [2.24, 2.45) is 5.11 Å². The van der Waals surface area contributed by atoms with Gasteiger partial charge in [-0.2, -0.15) is 0 Å². The van der Waals surface area contributed by atoms with E-state index in [1.54, 1.807) is 0 Å². The average molecular weight is 216 g/mol. The van der Waals surface area contributed by atoms with Crippen molar-refractivity contribution in [3.63, 3.8) is 0 Å². The van der Waals surface area contributed by atoms with Gasteiger partial charge in [-0.3, -0.25) is 0 Å². The molecule has 1 aromatic rings. The molecule has 84 valence electrons. The van der Waals surface area contributed by atoms with Gasteiger partial charge in [0, 0.05) is 18.0 Å². The quantitative estimate of drug-likeness (QED) is 0.443. The average Bonchev–Trinajstić information content (AvgIpc) is 2.33. The summed E-state index contributed by atoms with van der Waals surface area (Å²) in [7, 11) is 0. The number of rotatable bonds is 6. The highest BCUT2D eigenvalue weighted by Crippen LogP contribution is 2.06. The minimum Gasteiger partial charge on any atom is -0.313 e. The normalized spacial score (nSPS) is 10.3. The summed E-state index contributed by atoms with van der Waals surface area (Å²) in [6.45, 7) is 4.34. The lowest BCUT2D eigenvalue weighted by Gasteiger charge is -2.02. The molecule has 0 aliphatic rings. The third-order valence-electron chi connectivity index (χ3n) is 2.09. The number of azide groups is 1. The lowest BCUT2D eigenvalue weighted by Crippen LogP contribution is -2.11. The molecule has 0 amide bonds. The first-order valence-corrected chi connectivity index (χ1v) is 5.34. The Bertz CT molecular complexity index is 392. The lowest BCUT2D eigenvalue weighted by atomic mass is 10.1. The molecule has 0 fully saturated rings. The molecule has 0 aromatic heterocycles. The highest BCUT2D eigenvalue weighted by molar-refractivity contribution is 5.50. The molecule has 0 spiro atoms. The van der Waals surface area contributed by atoms with Crippen molar-refractivity contribution >= 4 is 6.08 Å². The molecule has 0 aliphatic carbocycles. The van der Waals surface area contributed by atoms with Gasteiger partial charge in [0.1, 0.15) is 0 Å². The number of nitrogens with zero attached hydrogens (tertiary/aromatic N) is 3. The molecule has 1 rings (SSSR count). The predicted molar refractivity (Wildman–Crippen MR) is 66.9 cm³/mol. The summed E-state index contributed by atoms with van der Waals surface area (Å²) in [5.41, 5.74) is 10.5. The topological polar surface area (TPSA) is 60.8 Å². The van der Waals surface area contributed by atoms with E-state index < -0.39 is 0 Å². The van der Waals surface area contributed by atoms with Gasteiger partial charge in [0.25, 0.3) is 0 Å². The maximum absolute atomic E-state index is 8.12. The number of nitrogens with one attached hydrogen (secondary N) is 1. The Morgan fingerprint density at radius 1 is 1.50 bits per heavy atom. The molecular weight excluding hydrogens is 200 g/mol. The second-order valence-electron chi connectivity index (χ2n) is 3.34. The van der Waals surface area contributed by atoms with E-state index >= 15 is 0 Å². The molecule has 4 heteroatoms. The van der Waals surface area contributed by atoms with E-state index in [9.17, 15) is 0 Å². The molecule has 0 heterocycles. The predicted octanol–water partition coefficient (Wildman–Crippen LogP) is 3.12. The summed E-state index contributed by atoms with van der Waals surface area (Å²) in [5.74, 6) is 0. The molecule has 1 N–H and O–H groups in total. The maximum atomic E-state index is 8.12. The Hall–Kier alpha value is -1.77. The Morgan fingerprint density at radius 3 is 3.12 bits per heavy atom. The molecule has 1 aromatic carbocycles. The molecule has 4 nitrogen and oxygen atoms in total. The zero-order chi connectivity index (χ0) is 11.6. The molecule has 16 heavy (non-hydrogen) atoms. The van der Waals surface area contributed by atoms with Gasteiger partial charge in [0.05, 0.1) is 0 Å². The van der Waals surface area contributed by atoms with Crippen LogP contribution in [0.15, 0.2) is 35.5 Å². The fraction of sp³-hybridized carbons (Fsp3) is 0.333. The van der Waals surface area contributed by atoms with Gasteiger partial charge in [-0.15, -0.1) is 0 Å². The van der Waals surface area contributed by atoms with E-state index in [-0.39, 0.29) is 0 Å². The first-order valence-electron chi connectivity index (χ1n) is 5.34. The highest BCUT2D eigenvalue weighted by atomic mass is 15.1. The SMILES string of the molecule is CCNCc1cccc(C=CCN=[N+]=[N-])c1. The summed E-state index contributed by atoms with van der Waals surface area (Å²) >= 11 is 0. The Balaban J connectivity index is 2.59. The van der Waals surface area contributed by atoms with E-state index in [2.05, 4.69) is 34.4 Å². The van der Waals surface area contributed by atoms with Crippen LogP contribution in [0.4, 0.5) is 0 Å². The summed E-state index contributed by atoms with van der Waals surface area (Å²) in [5, 5.41) is 6.72. The molecule has 0 unspecified atom stereocenters. The van der Waals surface area contributed by atoms with Crippen LogP contribution in [0.5, 0.6) is 0 Å². The van der Waals surface area contributed by atoms with Gasteiger partial charge in [-0.25, -0.2) is 0 Å². The monoisotopic (exact) mass is 216 g/mol. The van der Waals surface area contributed by atoms with Crippen molar-refractivity contribution in [1.29, 1.82) is 0 Å². The van der Waals surface area contributed by atoms with Gasteiger partial charge >= 0.3 is 0 Å². The maximum Gasteiger partial charge on any atom is 0.0443 e. The number of hydrogen-bond donors (Lipinski definition) is 1. The van der Waals surface area contributed by atoms with Crippen LogP contribution in [-0.4, -0.2) is 13.1 Å². The highest BCUT2D eigenvalue weighted by Gasteiger charge is 1.92. The van der Waals surface area contributed by atoms with Gasteiger partial charge in [-0.1, -0.05) is 48.5 Å². The summed E-state index contributed by atoms with van der Waals surface area (Å²) in [6, 6.07) is 8.27. The van der Waals surface area contributed by atoms with E-state index in [1.165, 1.54) is 5.56 Å². The zero-order valence-electron chi connectivity index (χ0n) is 9.43. The molecule has 0 saturated carbocycles. The molecule has 0 saturated heterocycles. The third-order valence-corrected chi connectivity index (χ3v) is 2.09. The standard InChI is InChI=1S/C12H16N4/c1-2-14-10-12-6-3-5-11(9-12)7-4-8-15-16-13/h3-7,9,14H,2,8,10H2,1H3. The van der Waals surface area contributed by atoms with Gasteiger partial charge in [0.2, 0.25) is 0 Å². The van der Waals surface area contributed by atoms with Crippen molar-refractivity contribution in [3.8, 4) is 0 Å². The fourth-order valence-electron chi connectivity index (χ4n) is 1.35. The van der Waals surface area contributed by atoms with Crippen LogP contribution in [-0.2, 0) is 6.54 Å². The van der Waals surface area contributed by atoms with Crippen molar-refractivity contribution in [3.05, 3.63) is 51.9 Å². The molecule has 0 aliphatic heterocycles. The second kappa shape index (κ2) is 7.51. The minimum atomic E-state index is 0.397. The summed E-state index contributed by atoms with van der Waals surface area (Å²) in [6.07, 6.45) is 3.82. The van der Waals surface area contributed by atoms with Crippen molar-refractivity contribution in [1.82, 2.24) is 5.32 Å². The van der Waals surface area contributed by atoms with Crippen LogP contribution in [0, 0.1) is 0 Å². The van der Waals surface area contributed by atoms with E-state index in [1.807, 2.05) is 24.3 Å². The first-order chi connectivity index (χ1) is 7.86. The van der Waals surface area contributed by atoms with Crippen LogP contribution in [0.2, 0.25) is 0 Å². The van der Waals surface area contributed by atoms with Crippen molar-refractivity contribution in [2.75, 3.05) is 13.1 Å². The van der Waals surface area contributed by atoms with Crippen LogP contribution in [0.1, 0.15) is 18.1 Å². The molecule has 0 atom stereocenters. The Labute approximate surface area is 95.6 Å². The van der Waals surface area contributed by atoms with Crippen LogP contribution < -0.4 is 5.32 Å². The summed E-state index contributed by atoms with van der Waals surface area (Å²) < 4.78 is 0. The minimum absolute atomic E-state index is 0.397. The second-order valence-corrected chi connectivity index (χ2v) is 3.34. The van der Waals surface area contributed by atoms with Gasteiger partial charge < -0.3 is 5.32 Å². The molecule has 0 bridgehead atoms. The zero-order valence-corrected chi connectivity index (χ0v) is 9.43. The molecule has 0 radical (unpaired) electrons. The first kappa shape index (κ1) is 12.3. The lowest BCUT2D eigenvalue weighted by molar-refractivity contribution is 0.727. The van der Waals surface area contributed by atoms with E-state index in [4.69, 9.17) is 5.53 Å². The smallest absolute Gasteiger partial charge is 0.0443 e. The molecular formula is C12H16N4. The van der Waals surface area contributed by atoms with Crippen LogP contribution >= 0.6 is 0 Å². The third kappa shape index (κ3) is 4.64. The van der Waals surface area contributed by atoms with Gasteiger partial charge in [-0.05, 0) is 23.2 Å². The van der Waals surface area contributed by atoms with Crippen molar-refractivity contribution in [2.45, 2.75) is 13.5 Å².